The fraction of sp³-hybridized carbons (Fsp3) is 0.714. The third-order valence-corrected chi connectivity index (χ3v) is 4.92. The van der Waals surface area contributed by atoms with Gasteiger partial charge in [-0.2, -0.15) is 0 Å². The Bertz CT molecular complexity index is 497. The number of nitrogens with two attached hydrogens (primary N) is 1. The van der Waals surface area contributed by atoms with Crippen molar-refractivity contribution in [2.24, 2.45) is 11.7 Å². The van der Waals surface area contributed by atoms with Crippen LogP contribution in [0.2, 0.25) is 0 Å². The van der Waals surface area contributed by atoms with Gasteiger partial charge in [0.15, 0.2) is 5.13 Å². The highest BCUT2D eigenvalue weighted by Gasteiger charge is 2.28. The van der Waals surface area contributed by atoms with Gasteiger partial charge in [-0.05, 0) is 19.3 Å². The number of hydrogen-bond acceptors (Lipinski definition) is 6. The van der Waals surface area contributed by atoms with E-state index in [0.29, 0.717) is 5.13 Å². The van der Waals surface area contributed by atoms with Crippen LogP contribution in [0.4, 0.5) is 5.13 Å². The quantitative estimate of drug-likeness (QED) is 0.830. The third kappa shape index (κ3) is 5.85. The Balaban J connectivity index is 0.00000132. The molecular weight excluding hydrogens is 359 g/mol. The molecule has 1 aliphatic heterocycles. The highest BCUT2D eigenvalue weighted by Crippen LogP contribution is 2.26. The molecule has 6 nitrogen and oxygen atoms in total. The molecule has 2 unspecified atom stereocenters. The normalized spacial score (nSPS) is 24.6. The predicted octanol–water partition coefficient (Wildman–Crippen LogP) is 1.88. The van der Waals surface area contributed by atoms with Crippen molar-refractivity contribution < 1.29 is 9.53 Å². The third-order valence-electron chi connectivity index (χ3n) is 4.12. The van der Waals surface area contributed by atoms with E-state index in [1.165, 1.54) is 11.3 Å². The molecule has 2 fully saturated rings. The lowest BCUT2D eigenvalue weighted by Gasteiger charge is -2.25. The molecule has 1 aromatic rings. The molecule has 1 aliphatic carbocycles. The molecule has 0 bridgehead atoms. The monoisotopic (exact) mass is 382 g/mol. The molecular formula is C14H24Cl2N4O2S. The van der Waals surface area contributed by atoms with Crippen LogP contribution in [0, 0.1) is 5.92 Å². The first-order valence-electron chi connectivity index (χ1n) is 7.51. The van der Waals surface area contributed by atoms with Gasteiger partial charge >= 0.3 is 0 Å². The zero-order valence-corrected chi connectivity index (χ0v) is 15.4. The summed E-state index contributed by atoms with van der Waals surface area (Å²) in [6, 6.07) is 0.175. The number of halogens is 2. The summed E-state index contributed by atoms with van der Waals surface area (Å²) in [5.41, 5.74) is 6.87. The molecule has 2 aliphatic rings. The zero-order chi connectivity index (χ0) is 14.7. The summed E-state index contributed by atoms with van der Waals surface area (Å²) in [4.78, 5) is 19.0. The smallest absolute Gasteiger partial charge is 0.229 e. The number of aromatic nitrogens is 1. The first-order chi connectivity index (χ1) is 10.2. The standard InChI is InChI=1S/C14H22N4O2S.2ClH/c15-11-2-1-10(7-11)13(19)17-14-16-12(9-21-14)8-18-3-5-20-6-4-18;;/h9-11H,1-8,15H2,(H,16,17,19);2*1H. The number of hydrogen-bond donors (Lipinski definition) is 2. The van der Waals surface area contributed by atoms with Gasteiger partial charge in [0.2, 0.25) is 5.91 Å². The van der Waals surface area contributed by atoms with Crippen LogP contribution >= 0.6 is 36.2 Å². The van der Waals surface area contributed by atoms with Crippen LogP contribution in [-0.4, -0.2) is 48.1 Å². The van der Waals surface area contributed by atoms with E-state index in [-0.39, 0.29) is 42.7 Å². The van der Waals surface area contributed by atoms with E-state index in [2.05, 4.69) is 15.2 Å². The number of nitrogens with one attached hydrogen (secondary N) is 1. The highest BCUT2D eigenvalue weighted by atomic mass is 35.5. The Hall–Kier alpha value is -0.440. The minimum Gasteiger partial charge on any atom is -0.379 e. The van der Waals surface area contributed by atoms with Crippen LogP contribution < -0.4 is 11.1 Å². The van der Waals surface area contributed by atoms with Crippen LogP contribution in [-0.2, 0) is 16.1 Å². The number of anilines is 1. The van der Waals surface area contributed by atoms with Crippen LogP contribution in [0.5, 0.6) is 0 Å². The van der Waals surface area contributed by atoms with Crippen LogP contribution in [0.25, 0.3) is 0 Å². The van der Waals surface area contributed by atoms with Gasteiger partial charge in [-0.15, -0.1) is 36.2 Å². The van der Waals surface area contributed by atoms with Gasteiger partial charge in [0.25, 0.3) is 0 Å². The first kappa shape index (κ1) is 20.6. The second-order valence-electron chi connectivity index (χ2n) is 5.79. The molecule has 0 spiro atoms. The largest absolute Gasteiger partial charge is 0.379 e. The zero-order valence-electron chi connectivity index (χ0n) is 12.9. The number of thiazole rings is 1. The summed E-state index contributed by atoms with van der Waals surface area (Å²) in [5.74, 6) is 0.113. The highest BCUT2D eigenvalue weighted by molar-refractivity contribution is 7.13. The molecule has 3 N–H and O–H groups in total. The van der Waals surface area contributed by atoms with Crippen molar-refractivity contribution >= 4 is 47.2 Å². The second-order valence-corrected chi connectivity index (χ2v) is 6.65. The Morgan fingerprint density at radius 3 is 2.78 bits per heavy atom. The molecule has 0 radical (unpaired) electrons. The van der Waals surface area contributed by atoms with Crippen molar-refractivity contribution in [2.45, 2.75) is 31.8 Å². The number of nitrogens with zero attached hydrogens (tertiary/aromatic N) is 2. The molecule has 1 aromatic heterocycles. The summed E-state index contributed by atoms with van der Waals surface area (Å²) >= 11 is 1.49. The molecule has 1 amide bonds. The Morgan fingerprint density at radius 2 is 2.13 bits per heavy atom. The van der Waals surface area contributed by atoms with Gasteiger partial charge in [0.05, 0.1) is 18.9 Å². The van der Waals surface area contributed by atoms with Gasteiger partial charge in [-0.3, -0.25) is 9.69 Å². The first-order valence-corrected chi connectivity index (χ1v) is 8.39. The Labute approximate surface area is 153 Å². The second kappa shape index (κ2) is 9.76. The van der Waals surface area contributed by atoms with Crippen molar-refractivity contribution in [3.05, 3.63) is 11.1 Å². The van der Waals surface area contributed by atoms with E-state index in [0.717, 1.165) is 57.8 Å². The Kier molecular flexibility index (Phi) is 8.74. The molecule has 132 valence electrons. The number of ether oxygens (including phenoxy) is 1. The Morgan fingerprint density at radius 1 is 1.39 bits per heavy atom. The minimum atomic E-state index is 0. The van der Waals surface area contributed by atoms with E-state index in [1.54, 1.807) is 0 Å². The van der Waals surface area contributed by atoms with Gasteiger partial charge in [-0.25, -0.2) is 4.98 Å². The lowest BCUT2D eigenvalue weighted by molar-refractivity contribution is -0.119. The molecule has 1 saturated carbocycles. The lowest BCUT2D eigenvalue weighted by atomic mass is 10.1. The molecule has 0 aromatic carbocycles. The summed E-state index contributed by atoms with van der Waals surface area (Å²) in [7, 11) is 0. The van der Waals surface area contributed by atoms with Crippen molar-refractivity contribution in [2.75, 3.05) is 31.6 Å². The maximum atomic E-state index is 12.1. The number of rotatable bonds is 4. The lowest BCUT2D eigenvalue weighted by Crippen LogP contribution is -2.35. The minimum absolute atomic E-state index is 0. The van der Waals surface area contributed by atoms with Crippen molar-refractivity contribution in [3.8, 4) is 0 Å². The summed E-state index contributed by atoms with van der Waals surface area (Å²) in [5, 5.41) is 5.65. The SMILES string of the molecule is Cl.Cl.NC1CCC(C(=O)Nc2nc(CN3CCOCC3)cs2)C1. The van der Waals surface area contributed by atoms with Crippen LogP contribution in [0.3, 0.4) is 0 Å². The fourth-order valence-electron chi connectivity index (χ4n) is 2.89. The number of morpholine rings is 1. The molecule has 23 heavy (non-hydrogen) atoms. The maximum absolute atomic E-state index is 12.1. The summed E-state index contributed by atoms with van der Waals surface area (Å²) < 4.78 is 5.33. The van der Waals surface area contributed by atoms with Gasteiger partial charge in [0.1, 0.15) is 0 Å². The van der Waals surface area contributed by atoms with Gasteiger partial charge in [-0.1, -0.05) is 0 Å². The topological polar surface area (TPSA) is 80.5 Å². The van der Waals surface area contributed by atoms with E-state index < -0.39 is 0 Å². The van der Waals surface area contributed by atoms with E-state index in [9.17, 15) is 4.79 Å². The average molecular weight is 383 g/mol. The summed E-state index contributed by atoms with van der Waals surface area (Å²) in [6.07, 6.45) is 2.62. The number of carbonyl (C=O) groups is 1. The van der Waals surface area contributed by atoms with Gasteiger partial charge in [0, 0.05) is 37.0 Å². The molecule has 1 saturated heterocycles. The molecule has 2 atom stereocenters. The van der Waals surface area contributed by atoms with Crippen molar-refractivity contribution in [1.29, 1.82) is 0 Å². The number of carbonyl (C=O) groups excluding carboxylic acids is 1. The summed E-state index contributed by atoms with van der Waals surface area (Å²) in [6.45, 7) is 4.29. The van der Waals surface area contributed by atoms with Crippen LogP contribution in [0.15, 0.2) is 5.38 Å². The van der Waals surface area contributed by atoms with E-state index >= 15 is 0 Å². The fourth-order valence-corrected chi connectivity index (χ4v) is 3.59. The van der Waals surface area contributed by atoms with Gasteiger partial charge < -0.3 is 15.8 Å². The predicted molar refractivity (Wildman–Crippen MR) is 96.7 cm³/mol. The van der Waals surface area contributed by atoms with E-state index in [1.807, 2.05) is 5.38 Å². The van der Waals surface area contributed by atoms with Crippen molar-refractivity contribution in [3.63, 3.8) is 0 Å². The van der Waals surface area contributed by atoms with Crippen molar-refractivity contribution in [1.82, 2.24) is 9.88 Å². The average Bonchev–Trinajstić information content (AvgIpc) is 3.09. The van der Waals surface area contributed by atoms with Crippen LogP contribution in [0.1, 0.15) is 25.0 Å². The molecule has 3 rings (SSSR count). The number of amides is 1. The maximum Gasteiger partial charge on any atom is 0.229 e. The molecule has 9 heteroatoms. The van der Waals surface area contributed by atoms with E-state index in [4.69, 9.17) is 10.5 Å². The molecule has 2 heterocycles.